The van der Waals surface area contributed by atoms with E-state index in [1.807, 2.05) is 18.2 Å². The number of rotatable bonds is 19. The van der Waals surface area contributed by atoms with Crippen molar-refractivity contribution in [2.24, 2.45) is 5.73 Å². The van der Waals surface area contributed by atoms with E-state index in [9.17, 15) is 9.59 Å². The molecule has 5 nitrogen and oxygen atoms in total. The molecule has 0 aliphatic heterocycles. The second-order valence-corrected chi connectivity index (χ2v) is 7.66. The Kier molecular flexibility index (Phi) is 20.5. The standard InChI is InChI=1S/C25H44N2O3/c1-3-4-5-6-7-8-9-10-11-12-13-14-15-16-17-21-24(28)27-23(25(29)30-2)20-18-19-22-26/h13-17,21,23H,3-12,18-20,22,26H2,1-2H3,(H,27,28)/t23-/m0/s1. The van der Waals surface area contributed by atoms with Crippen molar-refractivity contribution in [2.75, 3.05) is 13.7 Å². The van der Waals surface area contributed by atoms with Crippen molar-refractivity contribution in [3.05, 3.63) is 36.5 Å². The molecule has 1 amide bonds. The summed E-state index contributed by atoms with van der Waals surface area (Å²) < 4.78 is 4.74. The summed E-state index contributed by atoms with van der Waals surface area (Å²) in [5.74, 6) is -0.731. The number of nitrogens with one attached hydrogen (secondary N) is 1. The largest absolute Gasteiger partial charge is 0.467 e. The van der Waals surface area contributed by atoms with E-state index in [1.165, 1.54) is 71.0 Å². The first-order valence-corrected chi connectivity index (χ1v) is 11.7. The van der Waals surface area contributed by atoms with Crippen LogP contribution in [0.2, 0.25) is 0 Å². The quantitative estimate of drug-likeness (QED) is 0.127. The first kappa shape index (κ1) is 28.1. The smallest absolute Gasteiger partial charge is 0.328 e. The van der Waals surface area contributed by atoms with Crippen LogP contribution in [-0.2, 0) is 14.3 Å². The molecule has 5 heteroatoms. The van der Waals surface area contributed by atoms with Gasteiger partial charge < -0.3 is 15.8 Å². The Hall–Kier alpha value is -1.88. The van der Waals surface area contributed by atoms with Gasteiger partial charge in [0.2, 0.25) is 5.91 Å². The molecule has 0 fully saturated rings. The molecule has 0 aliphatic rings. The molecular weight excluding hydrogens is 376 g/mol. The van der Waals surface area contributed by atoms with Gasteiger partial charge in [-0.2, -0.15) is 0 Å². The molecule has 0 aromatic rings. The van der Waals surface area contributed by atoms with Gasteiger partial charge in [0.05, 0.1) is 7.11 Å². The van der Waals surface area contributed by atoms with Gasteiger partial charge in [0, 0.05) is 6.08 Å². The molecule has 1 atom stereocenters. The fourth-order valence-corrected chi connectivity index (χ4v) is 3.12. The molecule has 0 unspecified atom stereocenters. The van der Waals surface area contributed by atoms with E-state index in [0.717, 1.165) is 19.3 Å². The molecule has 0 aromatic heterocycles. The van der Waals surface area contributed by atoms with Crippen LogP contribution in [0.4, 0.5) is 0 Å². The minimum atomic E-state index is -0.626. The van der Waals surface area contributed by atoms with Gasteiger partial charge in [-0.3, -0.25) is 4.79 Å². The van der Waals surface area contributed by atoms with Crippen LogP contribution in [0.1, 0.15) is 90.4 Å². The highest BCUT2D eigenvalue weighted by Gasteiger charge is 2.19. The summed E-state index contributed by atoms with van der Waals surface area (Å²) in [6.45, 7) is 2.82. The maximum Gasteiger partial charge on any atom is 0.328 e. The molecule has 3 N–H and O–H groups in total. The lowest BCUT2D eigenvalue weighted by Gasteiger charge is -2.15. The highest BCUT2D eigenvalue weighted by Crippen LogP contribution is 2.10. The van der Waals surface area contributed by atoms with Crippen molar-refractivity contribution in [2.45, 2.75) is 96.4 Å². The van der Waals surface area contributed by atoms with Crippen LogP contribution >= 0.6 is 0 Å². The number of amides is 1. The van der Waals surface area contributed by atoms with E-state index in [0.29, 0.717) is 13.0 Å². The number of ether oxygens (including phenoxy) is 1. The normalized spacial score (nSPS) is 12.8. The number of carbonyl (C=O) groups is 2. The van der Waals surface area contributed by atoms with Crippen molar-refractivity contribution in [3.8, 4) is 0 Å². The number of hydrogen-bond donors (Lipinski definition) is 2. The molecule has 0 rings (SSSR count). The minimum Gasteiger partial charge on any atom is -0.467 e. The van der Waals surface area contributed by atoms with Gasteiger partial charge in [-0.05, 0) is 38.6 Å². The lowest BCUT2D eigenvalue weighted by molar-refractivity contribution is -0.144. The Balaban J connectivity index is 3.88. The maximum atomic E-state index is 12.0. The average Bonchev–Trinajstić information content (AvgIpc) is 2.75. The Labute approximate surface area is 184 Å². The molecule has 0 radical (unpaired) electrons. The van der Waals surface area contributed by atoms with E-state index in [2.05, 4.69) is 18.3 Å². The number of nitrogens with two attached hydrogens (primary N) is 1. The summed E-state index contributed by atoms with van der Waals surface area (Å²) in [5, 5.41) is 2.68. The topological polar surface area (TPSA) is 81.4 Å². The van der Waals surface area contributed by atoms with Crippen LogP contribution in [0.15, 0.2) is 36.5 Å². The number of hydrogen-bond acceptors (Lipinski definition) is 4. The lowest BCUT2D eigenvalue weighted by Crippen LogP contribution is -2.40. The van der Waals surface area contributed by atoms with Crippen LogP contribution in [-0.4, -0.2) is 31.6 Å². The van der Waals surface area contributed by atoms with E-state index in [4.69, 9.17) is 10.5 Å². The van der Waals surface area contributed by atoms with Crippen LogP contribution in [0.25, 0.3) is 0 Å². The van der Waals surface area contributed by atoms with Gasteiger partial charge >= 0.3 is 5.97 Å². The zero-order valence-electron chi connectivity index (χ0n) is 19.2. The summed E-state index contributed by atoms with van der Waals surface area (Å²) in [6, 6.07) is -0.626. The molecule has 0 saturated heterocycles. The lowest BCUT2D eigenvalue weighted by atomic mass is 10.1. The van der Waals surface area contributed by atoms with Crippen molar-refractivity contribution >= 4 is 11.9 Å². The Morgan fingerprint density at radius 2 is 1.50 bits per heavy atom. The summed E-state index contributed by atoms with van der Waals surface area (Å²) in [7, 11) is 1.32. The van der Waals surface area contributed by atoms with Gasteiger partial charge in [-0.1, -0.05) is 88.7 Å². The van der Waals surface area contributed by atoms with Crippen LogP contribution in [0, 0.1) is 0 Å². The maximum absolute atomic E-state index is 12.0. The molecule has 0 aromatic carbocycles. The Morgan fingerprint density at radius 1 is 0.867 bits per heavy atom. The second kappa shape index (κ2) is 21.8. The highest BCUT2D eigenvalue weighted by molar-refractivity contribution is 5.91. The predicted molar refractivity (Wildman–Crippen MR) is 126 cm³/mol. The summed E-state index contributed by atoms with van der Waals surface area (Å²) >= 11 is 0. The van der Waals surface area contributed by atoms with E-state index in [-0.39, 0.29) is 5.91 Å². The first-order valence-electron chi connectivity index (χ1n) is 11.7. The van der Waals surface area contributed by atoms with Gasteiger partial charge in [0.15, 0.2) is 0 Å². The zero-order chi connectivity index (χ0) is 22.3. The highest BCUT2D eigenvalue weighted by atomic mass is 16.5. The van der Waals surface area contributed by atoms with Gasteiger partial charge in [-0.25, -0.2) is 4.79 Å². The third-order valence-corrected chi connectivity index (χ3v) is 4.94. The Bertz CT molecular complexity index is 513. The van der Waals surface area contributed by atoms with E-state index in [1.54, 1.807) is 6.08 Å². The summed E-state index contributed by atoms with van der Waals surface area (Å²) in [4.78, 5) is 23.7. The molecule has 0 saturated carbocycles. The third kappa shape index (κ3) is 18.2. The molecule has 0 bridgehead atoms. The molecule has 30 heavy (non-hydrogen) atoms. The van der Waals surface area contributed by atoms with Gasteiger partial charge in [0.1, 0.15) is 6.04 Å². The first-order chi connectivity index (χ1) is 14.7. The van der Waals surface area contributed by atoms with E-state index < -0.39 is 12.0 Å². The average molecular weight is 421 g/mol. The van der Waals surface area contributed by atoms with Crippen LogP contribution in [0.5, 0.6) is 0 Å². The zero-order valence-corrected chi connectivity index (χ0v) is 19.2. The number of esters is 1. The predicted octanol–water partition coefficient (Wildman–Crippen LogP) is 5.36. The summed E-state index contributed by atoms with van der Waals surface area (Å²) in [5.41, 5.74) is 5.47. The van der Waals surface area contributed by atoms with Crippen molar-refractivity contribution in [1.82, 2.24) is 5.32 Å². The number of unbranched alkanes of at least 4 members (excludes halogenated alkanes) is 10. The van der Waals surface area contributed by atoms with Crippen molar-refractivity contribution in [1.29, 1.82) is 0 Å². The molecular formula is C25H44N2O3. The number of methoxy groups -OCH3 is 1. The van der Waals surface area contributed by atoms with Crippen molar-refractivity contribution < 1.29 is 14.3 Å². The van der Waals surface area contributed by atoms with Gasteiger partial charge in [-0.15, -0.1) is 0 Å². The minimum absolute atomic E-state index is 0.304. The fourth-order valence-electron chi connectivity index (χ4n) is 3.12. The Morgan fingerprint density at radius 3 is 2.13 bits per heavy atom. The number of allylic oxidation sites excluding steroid dienone is 5. The monoisotopic (exact) mass is 420 g/mol. The van der Waals surface area contributed by atoms with E-state index >= 15 is 0 Å². The molecule has 0 heterocycles. The van der Waals surface area contributed by atoms with Crippen molar-refractivity contribution in [3.63, 3.8) is 0 Å². The summed E-state index contributed by atoms with van der Waals surface area (Å²) in [6.07, 6.45) is 26.3. The third-order valence-electron chi connectivity index (χ3n) is 4.94. The van der Waals surface area contributed by atoms with Gasteiger partial charge in [0.25, 0.3) is 0 Å². The second-order valence-electron chi connectivity index (χ2n) is 7.66. The molecule has 0 spiro atoms. The SMILES string of the molecule is CCCCCCCCCCCC=CC=CC=CC(=O)N[C@@H](CCCCN)C(=O)OC. The fraction of sp³-hybridized carbons (Fsp3) is 0.680. The molecule has 0 aliphatic carbocycles. The van der Waals surface area contributed by atoms with Crippen LogP contribution in [0.3, 0.4) is 0 Å². The number of carbonyl (C=O) groups excluding carboxylic acids is 2. The van der Waals surface area contributed by atoms with Crippen LogP contribution < -0.4 is 11.1 Å². The molecule has 172 valence electrons.